The van der Waals surface area contributed by atoms with Crippen molar-refractivity contribution >= 4 is 5.91 Å². The lowest BCUT2D eigenvalue weighted by Crippen LogP contribution is -2.22. The maximum absolute atomic E-state index is 13.4. The Kier molecular flexibility index (Phi) is 3.80. The standard InChI is InChI=1S/C11H15FN2O/c1-7(2)14-6-9-4-3-8(11(13)15)5-10(9)12/h3-5,7,14H,6H2,1-2H3,(H2,13,15). The smallest absolute Gasteiger partial charge is 0.248 e. The first kappa shape index (κ1) is 11.7. The second kappa shape index (κ2) is 4.89. The van der Waals surface area contributed by atoms with Gasteiger partial charge in [-0.2, -0.15) is 0 Å². The zero-order valence-corrected chi connectivity index (χ0v) is 8.88. The number of halogens is 1. The Morgan fingerprint density at radius 2 is 2.20 bits per heavy atom. The number of carbonyl (C=O) groups excluding carboxylic acids is 1. The molecule has 1 aromatic carbocycles. The van der Waals surface area contributed by atoms with Crippen molar-refractivity contribution in [3.8, 4) is 0 Å². The summed E-state index contributed by atoms with van der Waals surface area (Å²) in [6, 6.07) is 4.56. The van der Waals surface area contributed by atoms with Crippen LogP contribution in [0.25, 0.3) is 0 Å². The minimum absolute atomic E-state index is 0.195. The van der Waals surface area contributed by atoms with E-state index in [1.807, 2.05) is 13.8 Å². The van der Waals surface area contributed by atoms with Gasteiger partial charge in [-0.1, -0.05) is 19.9 Å². The molecule has 0 heterocycles. The van der Waals surface area contributed by atoms with Gasteiger partial charge in [0.1, 0.15) is 5.82 Å². The Hall–Kier alpha value is -1.42. The van der Waals surface area contributed by atoms with Gasteiger partial charge in [-0.3, -0.25) is 4.79 Å². The van der Waals surface area contributed by atoms with E-state index < -0.39 is 11.7 Å². The summed E-state index contributed by atoms with van der Waals surface area (Å²) < 4.78 is 13.4. The Bertz CT molecular complexity index is 364. The van der Waals surface area contributed by atoms with Crippen molar-refractivity contribution in [1.29, 1.82) is 0 Å². The number of primary amides is 1. The summed E-state index contributed by atoms with van der Waals surface area (Å²) >= 11 is 0. The quantitative estimate of drug-likeness (QED) is 0.789. The van der Waals surface area contributed by atoms with Gasteiger partial charge in [0.25, 0.3) is 0 Å². The highest BCUT2D eigenvalue weighted by molar-refractivity contribution is 5.92. The molecule has 0 aliphatic carbocycles. The molecule has 3 nitrogen and oxygen atoms in total. The SMILES string of the molecule is CC(C)NCc1ccc(C(N)=O)cc1F. The largest absolute Gasteiger partial charge is 0.366 e. The first-order chi connectivity index (χ1) is 7.00. The number of rotatable bonds is 4. The number of hydrogen-bond donors (Lipinski definition) is 2. The molecular weight excluding hydrogens is 195 g/mol. The van der Waals surface area contributed by atoms with Crippen LogP contribution in [0.5, 0.6) is 0 Å². The monoisotopic (exact) mass is 210 g/mol. The third-order valence-corrected chi connectivity index (χ3v) is 2.04. The molecule has 0 radical (unpaired) electrons. The highest BCUT2D eigenvalue weighted by Crippen LogP contribution is 2.10. The van der Waals surface area contributed by atoms with Crippen molar-refractivity contribution in [2.75, 3.05) is 0 Å². The Morgan fingerprint density at radius 3 is 2.67 bits per heavy atom. The third kappa shape index (κ3) is 3.32. The molecule has 1 aromatic rings. The van der Waals surface area contributed by atoms with Crippen LogP contribution in [0.1, 0.15) is 29.8 Å². The Balaban J connectivity index is 2.79. The molecule has 0 aliphatic heterocycles. The fraction of sp³-hybridized carbons (Fsp3) is 0.364. The van der Waals surface area contributed by atoms with Gasteiger partial charge in [0.2, 0.25) is 5.91 Å². The zero-order valence-electron chi connectivity index (χ0n) is 8.88. The van der Waals surface area contributed by atoms with Crippen molar-refractivity contribution in [3.05, 3.63) is 35.1 Å². The molecule has 82 valence electrons. The van der Waals surface area contributed by atoms with Crippen LogP contribution in [0.2, 0.25) is 0 Å². The molecule has 0 spiro atoms. The van der Waals surface area contributed by atoms with Gasteiger partial charge in [0.15, 0.2) is 0 Å². The summed E-state index contributed by atoms with van der Waals surface area (Å²) in [5, 5.41) is 3.10. The average molecular weight is 210 g/mol. The second-order valence-electron chi connectivity index (χ2n) is 3.71. The predicted molar refractivity (Wildman–Crippen MR) is 56.9 cm³/mol. The topological polar surface area (TPSA) is 55.1 Å². The first-order valence-electron chi connectivity index (χ1n) is 4.82. The molecule has 1 rings (SSSR count). The Morgan fingerprint density at radius 1 is 1.53 bits per heavy atom. The van der Waals surface area contributed by atoms with Crippen molar-refractivity contribution in [2.45, 2.75) is 26.4 Å². The first-order valence-corrected chi connectivity index (χ1v) is 4.82. The molecule has 3 N–H and O–H groups in total. The third-order valence-electron chi connectivity index (χ3n) is 2.04. The molecule has 15 heavy (non-hydrogen) atoms. The van der Waals surface area contributed by atoms with E-state index in [1.165, 1.54) is 12.1 Å². The molecule has 1 amide bonds. The molecule has 0 bridgehead atoms. The van der Waals surface area contributed by atoms with Gasteiger partial charge in [-0.15, -0.1) is 0 Å². The molecular formula is C11H15FN2O. The second-order valence-corrected chi connectivity index (χ2v) is 3.71. The summed E-state index contributed by atoms with van der Waals surface area (Å²) in [6.45, 7) is 4.41. The van der Waals surface area contributed by atoms with Crippen LogP contribution < -0.4 is 11.1 Å². The molecule has 0 saturated carbocycles. The lowest BCUT2D eigenvalue weighted by molar-refractivity contribution is 0.1000. The van der Waals surface area contributed by atoms with Crippen LogP contribution in [0.4, 0.5) is 4.39 Å². The molecule has 4 heteroatoms. The average Bonchev–Trinajstić information content (AvgIpc) is 2.15. The van der Waals surface area contributed by atoms with Crippen LogP contribution in [0.3, 0.4) is 0 Å². The molecule has 0 atom stereocenters. The van der Waals surface area contributed by atoms with Crippen LogP contribution in [-0.2, 0) is 6.54 Å². The summed E-state index contributed by atoms with van der Waals surface area (Å²) in [5.74, 6) is -1.02. The fourth-order valence-corrected chi connectivity index (χ4v) is 1.16. The van der Waals surface area contributed by atoms with Crippen LogP contribution in [0.15, 0.2) is 18.2 Å². The van der Waals surface area contributed by atoms with Gasteiger partial charge in [0.05, 0.1) is 0 Å². The Labute approximate surface area is 88.5 Å². The lowest BCUT2D eigenvalue weighted by Gasteiger charge is -2.09. The minimum atomic E-state index is -0.614. The van der Waals surface area contributed by atoms with Crippen molar-refractivity contribution in [3.63, 3.8) is 0 Å². The van der Waals surface area contributed by atoms with Crippen LogP contribution in [0, 0.1) is 5.82 Å². The van der Waals surface area contributed by atoms with E-state index in [0.717, 1.165) is 0 Å². The molecule has 0 aromatic heterocycles. The number of carbonyl (C=O) groups is 1. The normalized spacial score (nSPS) is 10.7. The summed E-state index contributed by atoms with van der Waals surface area (Å²) in [5.41, 5.74) is 5.76. The van der Waals surface area contributed by atoms with E-state index in [1.54, 1.807) is 6.07 Å². The van der Waals surface area contributed by atoms with Crippen LogP contribution >= 0.6 is 0 Å². The van der Waals surface area contributed by atoms with E-state index in [2.05, 4.69) is 5.32 Å². The van der Waals surface area contributed by atoms with Gasteiger partial charge >= 0.3 is 0 Å². The van der Waals surface area contributed by atoms with Gasteiger partial charge < -0.3 is 11.1 Å². The van der Waals surface area contributed by atoms with Crippen molar-refractivity contribution < 1.29 is 9.18 Å². The van der Waals surface area contributed by atoms with E-state index in [-0.39, 0.29) is 5.56 Å². The maximum atomic E-state index is 13.4. The highest BCUT2D eigenvalue weighted by atomic mass is 19.1. The number of nitrogens with one attached hydrogen (secondary N) is 1. The van der Waals surface area contributed by atoms with Crippen molar-refractivity contribution in [1.82, 2.24) is 5.32 Å². The number of hydrogen-bond acceptors (Lipinski definition) is 2. The highest BCUT2D eigenvalue weighted by Gasteiger charge is 2.06. The number of benzene rings is 1. The lowest BCUT2D eigenvalue weighted by atomic mass is 10.1. The van der Waals surface area contributed by atoms with Gasteiger partial charge in [-0.05, 0) is 12.1 Å². The van der Waals surface area contributed by atoms with Crippen molar-refractivity contribution in [2.24, 2.45) is 5.73 Å². The molecule has 0 aliphatic rings. The fourth-order valence-electron chi connectivity index (χ4n) is 1.16. The van der Waals surface area contributed by atoms with E-state index in [9.17, 15) is 9.18 Å². The van der Waals surface area contributed by atoms with Gasteiger partial charge in [-0.25, -0.2) is 4.39 Å². The predicted octanol–water partition coefficient (Wildman–Crippen LogP) is 1.42. The van der Waals surface area contributed by atoms with E-state index in [4.69, 9.17) is 5.73 Å². The number of nitrogens with two attached hydrogens (primary N) is 1. The van der Waals surface area contributed by atoms with E-state index in [0.29, 0.717) is 18.2 Å². The molecule has 0 unspecified atom stereocenters. The number of amides is 1. The maximum Gasteiger partial charge on any atom is 0.248 e. The summed E-state index contributed by atoms with van der Waals surface area (Å²) in [4.78, 5) is 10.8. The minimum Gasteiger partial charge on any atom is -0.366 e. The molecule has 0 saturated heterocycles. The van der Waals surface area contributed by atoms with Gasteiger partial charge in [0, 0.05) is 23.7 Å². The summed E-state index contributed by atoms with van der Waals surface area (Å²) in [7, 11) is 0. The molecule has 0 fully saturated rings. The van der Waals surface area contributed by atoms with Crippen LogP contribution in [-0.4, -0.2) is 11.9 Å². The summed E-state index contributed by atoms with van der Waals surface area (Å²) in [6.07, 6.45) is 0. The zero-order chi connectivity index (χ0) is 11.4. The van der Waals surface area contributed by atoms with E-state index >= 15 is 0 Å².